The maximum atomic E-state index is 14.4. The maximum Gasteiger partial charge on any atom is 0.310 e. The van der Waals surface area contributed by atoms with Gasteiger partial charge in [0.05, 0.1) is 11.8 Å². The summed E-state index contributed by atoms with van der Waals surface area (Å²) in [6.07, 6.45) is 9.52. The van der Waals surface area contributed by atoms with Gasteiger partial charge in [0.25, 0.3) is 5.91 Å². The highest BCUT2D eigenvalue weighted by Crippen LogP contribution is 2.19. The number of carboxylic acid groups (broad SMARTS) is 1. The molecule has 8 unspecified atom stereocenters. The first-order chi connectivity index (χ1) is 29.5. The van der Waals surface area contributed by atoms with E-state index in [1.807, 2.05) is 13.8 Å². The molecule has 2 aromatic rings. The summed E-state index contributed by atoms with van der Waals surface area (Å²) < 4.78 is 0. The van der Waals surface area contributed by atoms with E-state index in [2.05, 4.69) is 33.3 Å². The zero-order valence-corrected chi connectivity index (χ0v) is 36.5. The summed E-state index contributed by atoms with van der Waals surface area (Å²) in [6, 6.07) is 8.93. The summed E-state index contributed by atoms with van der Waals surface area (Å²) in [5.41, 5.74) is 17.8. The molecule has 0 spiro atoms. The Balaban J connectivity index is 2.45. The van der Waals surface area contributed by atoms with Gasteiger partial charge in [-0.1, -0.05) is 68.8 Å². The molecule has 2 aromatic carbocycles. The van der Waals surface area contributed by atoms with E-state index in [1.165, 1.54) is 30.3 Å². The fourth-order valence-corrected chi connectivity index (χ4v) is 6.31. The number of guanidine groups is 1. The van der Waals surface area contributed by atoms with Gasteiger partial charge in [0, 0.05) is 25.0 Å². The molecule has 17 nitrogen and oxygen atoms in total. The minimum Gasteiger partial charge on any atom is -0.508 e. The first-order valence-electron chi connectivity index (χ1n) is 21.2. The number of aromatic hydroxyl groups is 2. The highest BCUT2D eigenvalue weighted by molar-refractivity contribution is 5.93. The highest BCUT2D eigenvalue weighted by atomic mass is 16.4. The number of rotatable bonds is 28. The molecule has 0 fully saturated rings. The van der Waals surface area contributed by atoms with Crippen molar-refractivity contribution in [2.45, 2.75) is 109 Å². The molecule has 62 heavy (non-hydrogen) atoms. The van der Waals surface area contributed by atoms with Crippen molar-refractivity contribution in [2.75, 3.05) is 13.1 Å². The minimum atomic E-state index is -1.18. The van der Waals surface area contributed by atoms with Crippen LogP contribution in [-0.4, -0.2) is 94.2 Å². The number of nitrogens with one attached hydrogen (secondary N) is 4. The zero-order valence-electron chi connectivity index (χ0n) is 36.5. The standard InChI is InChI=1S/C45H69N9O8/c1-6-28(2)37(52-40(57)30(4)49-5)23-18-34(26-31-13-19-35(55)20-14-31)41(58)54-39(27-32-15-21-36(56)22-16-32)43(60)53-38(11-7-8-24-46)42(59)51-29(3)12-17-33(44(61)62)10-9-25-50-45(47)48/h12-23,28-30,33-34,37-39,55-56H,5-11,24-27,46,49H2,1-4H3,(H,51,59)(H,52,57)(H,53,60)(H,54,58)(H,61,62)(H4,47,48,50). The fraction of sp³-hybridized carbons (Fsp3) is 0.489. The third-order valence-corrected chi connectivity index (χ3v) is 10.5. The average Bonchev–Trinajstić information content (AvgIpc) is 3.23. The topological polar surface area (TPSA) is 301 Å². The van der Waals surface area contributed by atoms with Crippen molar-refractivity contribution in [3.8, 4) is 11.5 Å². The third kappa shape index (κ3) is 19.6. The number of aliphatic imine (C=N–C) groups is 1. The van der Waals surface area contributed by atoms with E-state index in [0.717, 1.165) is 12.0 Å². The van der Waals surface area contributed by atoms with Crippen LogP contribution in [-0.2, 0) is 36.8 Å². The van der Waals surface area contributed by atoms with Gasteiger partial charge in [0.15, 0.2) is 5.96 Å². The number of hydrogen-bond donors (Lipinski definition) is 11. The lowest BCUT2D eigenvalue weighted by Gasteiger charge is -2.26. The van der Waals surface area contributed by atoms with Crippen LogP contribution >= 0.6 is 0 Å². The van der Waals surface area contributed by atoms with Crippen molar-refractivity contribution >= 4 is 35.6 Å². The predicted molar refractivity (Wildman–Crippen MR) is 239 cm³/mol. The molecular formula is C45H69N9O8. The zero-order chi connectivity index (χ0) is 46.2. The number of quaternary nitrogens is 1. The quantitative estimate of drug-likeness (QED) is 0.0190. The first-order valence-corrected chi connectivity index (χ1v) is 21.2. The number of hydrogen-bond acceptors (Lipinski definition) is 9. The molecule has 17 heteroatoms. The largest absolute Gasteiger partial charge is 0.508 e. The number of carbonyl (C=O) groups excluding carboxylic acids is 4. The number of carboxylic acids is 1. The van der Waals surface area contributed by atoms with Crippen molar-refractivity contribution in [3.05, 3.63) is 91.0 Å². The number of phenolic OH excluding ortho intramolecular Hbond substituents is 2. The van der Waals surface area contributed by atoms with Gasteiger partial charge in [-0.15, -0.1) is 0 Å². The van der Waals surface area contributed by atoms with Crippen molar-refractivity contribution in [1.82, 2.24) is 21.3 Å². The van der Waals surface area contributed by atoms with Crippen LogP contribution in [0.4, 0.5) is 0 Å². The lowest BCUT2D eigenvalue weighted by atomic mass is 9.93. The SMILES string of the molecule is [CH2-][NH2+]C(C)C(=O)NC(C=CC(Cc1ccc(O)cc1)C(=O)NC(Cc1ccc(O)cc1)C(=O)NC(CCCCN)C(=O)NC(C)C=CC(CCCN=C(N)N)C(=O)O)C(C)CC. The van der Waals surface area contributed by atoms with E-state index in [0.29, 0.717) is 31.4 Å². The van der Waals surface area contributed by atoms with Crippen molar-refractivity contribution in [1.29, 1.82) is 0 Å². The van der Waals surface area contributed by atoms with Gasteiger partial charge in [-0.25, -0.2) is 0 Å². The van der Waals surface area contributed by atoms with Crippen LogP contribution in [0.1, 0.15) is 77.3 Å². The number of amides is 4. The van der Waals surface area contributed by atoms with Crippen LogP contribution < -0.4 is 43.8 Å². The van der Waals surface area contributed by atoms with E-state index >= 15 is 0 Å². The summed E-state index contributed by atoms with van der Waals surface area (Å²) in [5.74, 6) is -4.59. The van der Waals surface area contributed by atoms with E-state index in [4.69, 9.17) is 17.2 Å². The number of aliphatic carboxylic acids is 1. The first kappa shape index (κ1) is 52.2. The van der Waals surface area contributed by atoms with Gasteiger partial charge in [-0.2, -0.15) is 7.05 Å². The van der Waals surface area contributed by atoms with E-state index in [-0.39, 0.29) is 61.5 Å². The lowest BCUT2D eigenvalue weighted by Crippen LogP contribution is -2.86. The third-order valence-electron chi connectivity index (χ3n) is 10.5. The molecule has 15 N–H and O–H groups in total. The molecule has 0 bridgehead atoms. The number of benzene rings is 2. The molecule has 0 aliphatic heterocycles. The fourth-order valence-electron chi connectivity index (χ4n) is 6.31. The molecule has 8 atom stereocenters. The van der Waals surface area contributed by atoms with Crippen LogP contribution in [0.2, 0.25) is 0 Å². The minimum absolute atomic E-state index is 0.00846. The van der Waals surface area contributed by atoms with Crippen molar-refractivity contribution in [3.63, 3.8) is 0 Å². The lowest BCUT2D eigenvalue weighted by molar-refractivity contribution is -0.616. The van der Waals surface area contributed by atoms with Gasteiger partial charge < -0.3 is 59.1 Å². The van der Waals surface area contributed by atoms with Gasteiger partial charge in [-0.05, 0) is 100 Å². The van der Waals surface area contributed by atoms with Crippen molar-refractivity contribution < 1.29 is 44.6 Å². The Morgan fingerprint density at radius 1 is 0.710 bits per heavy atom. The molecule has 0 saturated heterocycles. The molecule has 0 aliphatic rings. The van der Waals surface area contributed by atoms with Gasteiger partial charge in [0.1, 0.15) is 29.6 Å². The second kappa shape index (κ2) is 27.8. The molecule has 0 heterocycles. The Morgan fingerprint density at radius 2 is 1.27 bits per heavy atom. The normalized spacial score (nSPS) is 15.3. The Bertz CT molecular complexity index is 1800. The van der Waals surface area contributed by atoms with Crippen LogP contribution in [0, 0.1) is 24.8 Å². The molecular weight excluding hydrogens is 795 g/mol. The summed E-state index contributed by atoms with van der Waals surface area (Å²) in [4.78, 5) is 71.1. The molecule has 0 aliphatic carbocycles. The maximum absolute atomic E-state index is 14.4. The highest BCUT2D eigenvalue weighted by Gasteiger charge is 2.30. The molecule has 0 radical (unpaired) electrons. The Labute approximate surface area is 365 Å². The summed E-state index contributed by atoms with van der Waals surface area (Å²) in [5, 5.41) is 42.8. The summed E-state index contributed by atoms with van der Waals surface area (Å²) in [6.45, 7) is 8.05. The van der Waals surface area contributed by atoms with E-state index in [9.17, 15) is 39.3 Å². The van der Waals surface area contributed by atoms with Gasteiger partial charge in [-0.3, -0.25) is 29.0 Å². The van der Waals surface area contributed by atoms with Gasteiger partial charge >= 0.3 is 5.97 Å². The number of nitrogens with two attached hydrogens (primary N) is 4. The second-order valence-corrected chi connectivity index (χ2v) is 15.7. The molecule has 4 amide bonds. The molecule has 342 valence electrons. The van der Waals surface area contributed by atoms with Crippen molar-refractivity contribution in [2.24, 2.45) is 39.9 Å². The Kier molecular flexibility index (Phi) is 23.4. The van der Waals surface area contributed by atoms with Crippen LogP contribution in [0.5, 0.6) is 11.5 Å². The smallest absolute Gasteiger partial charge is 0.310 e. The molecule has 0 saturated carbocycles. The number of phenols is 2. The second-order valence-electron chi connectivity index (χ2n) is 15.7. The van der Waals surface area contributed by atoms with Crippen LogP contribution in [0.3, 0.4) is 0 Å². The number of nitrogens with zero attached hydrogens (tertiary/aromatic N) is 1. The van der Waals surface area contributed by atoms with Crippen LogP contribution in [0.15, 0.2) is 77.8 Å². The number of unbranched alkanes of at least 4 members (excludes halogenated alkanes) is 1. The Hall–Kier alpha value is -5.94. The molecule has 2 rings (SSSR count). The summed E-state index contributed by atoms with van der Waals surface area (Å²) in [7, 11) is 3.72. The van der Waals surface area contributed by atoms with E-state index < -0.39 is 65.7 Å². The predicted octanol–water partition coefficient (Wildman–Crippen LogP) is 1.24. The summed E-state index contributed by atoms with van der Waals surface area (Å²) >= 11 is 0. The molecule has 0 aromatic heterocycles. The van der Waals surface area contributed by atoms with Crippen LogP contribution in [0.25, 0.3) is 0 Å². The average molecular weight is 864 g/mol. The van der Waals surface area contributed by atoms with E-state index in [1.54, 1.807) is 61.7 Å². The monoisotopic (exact) mass is 864 g/mol. The number of carbonyl (C=O) groups is 5. The Morgan fingerprint density at radius 3 is 1.82 bits per heavy atom. The van der Waals surface area contributed by atoms with Gasteiger partial charge in [0.2, 0.25) is 17.7 Å².